The van der Waals surface area contributed by atoms with Gasteiger partial charge in [-0.05, 0) is 31.0 Å². The van der Waals surface area contributed by atoms with Crippen molar-refractivity contribution in [3.05, 3.63) is 33.8 Å². The van der Waals surface area contributed by atoms with E-state index in [2.05, 4.69) is 10.6 Å². The van der Waals surface area contributed by atoms with E-state index in [9.17, 15) is 14.4 Å². The van der Waals surface area contributed by atoms with Crippen LogP contribution in [0.1, 0.15) is 36.0 Å². The second kappa shape index (κ2) is 8.89. The third kappa shape index (κ3) is 5.69. The van der Waals surface area contributed by atoms with E-state index in [1.54, 1.807) is 0 Å². The largest absolute Gasteiger partial charge is 0.454 e. The van der Waals surface area contributed by atoms with Crippen LogP contribution in [-0.4, -0.2) is 37.0 Å². The molecule has 6 nitrogen and oxygen atoms in total. The summed E-state index contributed by atoms with van der Waals surface area (Å²) in [5.74, 6) is -1.55. The van der Waals surface area contributed by atoms with Crippen molar-refractivity contribution in [2.75, 3.05) is 13.2 Å². The third-order valence-corrected chi connectivity index (χ3v) is 4.20. The second-order valence-corrected chi connectivity index (χ2v) is 6.36. The van der Waals surface area contributed by atoms with Gasteiger partial charge in [0.2, 0.25) is 0 Å². The van der Waals surface area contributed by atoms with Gasteiger partial charge in [-0.1, -0.05) is 36.0 Å². The van der Waals surface area contributed by atoms with E-state index in [1.807, 2.05) is 0 Å². The molecule has 1 aliphatic rings. The van der Waals surface area contributed by atoms with Gasteiger partial charge in [0, 0.05) is 11.1 Å². The molecule has 0 aliphatic heterocycles. The fraction of sp³-hybridized carbons (Fsp3) is 0.438. The Labute approximate surface area is 149 Å². The first-order valence-electron chi connectivity index (χ1n) is 7.64. The van der Waals surface area contributed by atoms with Crippen molar-refractivity contribution < 1.29 is 19.1 Å². The Morgan fingerprint density at radius 2 is 1.88 bits per heavy atom. The van der Waals surface area contributed by atoms with Crippen LogP contribution in [0.4, 0.5) is 0 Å². The van der Waals surface area contributed by atoms with E-state index in [-0.39, 0.29) is 35.7 Å². The molecule has 0 heterocycles. The number of nitrogens with one attached hydrogen (secondary N) is 2. The van der Waals surface area contributed by atoms with Crippen LogP contribution in [0.15, 0.2) is 18.2 Å². The van der Waals surface area contributed by atoms with Crippen LogP contribution >= 0.6 is 23.2 Å². The maximum Gasteiger partial charge on any atom is 0.325 e. The number of halogens is 2. The Morgan fingerprint density at radius 1 is 1.17 bits per heavy atom. The Morgan fingerprint density at radius 3 is 2.54 bits per heavy atom. The first kappa shape index (κ1) is 18.5. The summed E-state index contributed by atoms with van der Waals surface area (Å²) in [6, 6.07) is 4.58. The molecule has 0 bridgehead atoms. The Bertz CT molecular complexity index is 631. The van der Waals surface area contributed by atoms with Crippen molar-refractivity contribution in [1.29, 1.82) is 0 Å². The van der Waals surface area contributed by atoms with Crippen molar-refractivity contribution in [3.8, 4) is 0 Å². The number of rotatable bonds is 6. The summed E-state index contributed by atoms with van der Waals surface area (Å²) in [7, 11) is 0. The van der Waals surface area contributed by atoms with Gasteiger partial charge in [0.05, 0.1) is 10.6 Å². The summed E-state index contributed by atoms with van der Waals surface area (Å²) >= 11 is 11.7. The number of hydrogen-bond donors (Lipinski definition) is 2. The van der Waals surface area contributed by atoms with E-state index in [0.29, 0.717) is 5.02 Å². The highest BCUT2D eigenvalue weighted by molar-refractivity contribution is 6.36. The minimum absolute atomic E-state index is 0.169. The minimum atomic E-state index is -0.699. The molecule has 2 N–H and O–H groups in total. The van der Waals surface area contributed by atoms with Crippen molar-refractivity contribution in [2.24, 2.45) is 0 Å². The zero-order chi connectivity index (χ0) is 17.5. The van der Waals surface area contributed by atoms with Gasteiger partial charge in [-0.15, -0.1) is 0 Å². The average molecular weight is 373 g/mol. The highest BCUT2D eigenvalue weighted by atomic mass is 35.5. The standard InChI is InChI=1S/C16H18Cl2N2O4/c17-10-5-6-12(13(18)7-10)16(23)19-8-15(22)24-9-14(21)20-11-3-1-2-4-11/h5-7,11H,1-4,8-9H2,(H,19,23)(H,20,21). The molecule has 0 saturated heterocycles. The Hall–Kier alpha value is -1.79. The molecule has 1 fully saturated rings. The maximum atomic E-state index is 11.9. The summed E-state index contributed by atoms with van der Waals surface area (Å²) in [5.41, 5.74) is 0.202. The molecule has 2 amide bonds. The molecule has 0 radical (unpaired) electrons. The molecule has 0 aromatic heterocycles. The molecule has 2 rings (SSSR count). The molecule has 8 heteroatoms. The second-order valence-electron chi connectivity index (χ2n) is 5.52. The van der Waals surface area contributed by atoms with Gasteiger partial charge in [-0.2, -0.15) is 0 Å². The van der Waals surface area contributed by atoms with Crippen LogP contribution in [0.2, 0.25) is 10.0 Å². The van der Waals surface area contributed by atoms with Crippen LogP contribution in [0.3, 0.4) is 0 Å². The summed E-state index contributed by atoms with van der Waals surface area (Å²) in [5, 5.41) is 5.78. The van der Waals surface area contributed by atoms with E-state index in [1.165, 1.54) is 18.2 Å². The molecule has 1 saturated carbocycles. The lowest BCUT2D eigenvalue weighted by Crippen LogP contribution is -2.37. The van der Waals surface area contributed by atoms with Gasteiger partial charge in [0.15, 0.2) is 6.61 Å². The van der Waals surface area contributed by atoms with Gasteiger partial charge in [-0.3, -0.25) is 14.4 Å². The predicted molar refractivity (Wildman–Crippen MR) is 90.2 cm³/mol. The Kier molecular flexibility index (Phi) is 6.87. The third-order valence-electron chi connectivity index (χ3n) is 3.65. The molecule has 1 aromatic carbocycles. The van der Waals surface area contributed by atoms with Crippen molar-refractivity contribution in [2.45, 2.75) is 31.7 Å². The van der Waals surface area contributed by atoms with Crippen molar-refractivity contribution in [1.82, 2.24) is 10.6 Å². The minimum Gasteiger partial charge on any atom is -0.454 e. The number of ether oxygens (including phenoxy) is 1. The first-order valence-corrected chi connectivity index (χ1v) is 8.39. The van der Waals surface area contributed by atoms with Crippen LogP contribution in [-0.2, 0) is 14.3 Å². The van der Waals surface area contributed by atoms with Gasteiger partial charge in [0.1, 0.15) is 6.54 Å². The van der Waals surface area contributed by atoms with Gasteiger partial charge < -0.3 is 15.4 Å². The van der Waals surface area contributed by atoms with Crippen LogP contribution in [0.5, 0.6) is 0 Å². The van der Waals surface area contributed by atoms with Gasteiger partial charge in [0.25, 0.3) is 11.8 Å². The van der Waals surface area contributed by atoms with Crippen molar-refractivity contribution >= 4 is 41.0 Å². The SMILES string of the molecule is O=C(COC(=O)CNC(=O)c1ccc(Cl)cc1Cl)NC1CCCC1. The lowest BCUT2D eigenvalue weighted by atomic mass is 10.2. The van der Waals surface area contributed by atoms with Crippen molar-refractivity contribution in [3.63, 3.8) is 0 Å². The van der Waals surface area contributed by atoms with E-state index in [0.717, 1.165) is 25.7 Å². The Balaban J connectivity index is 1.70. The molecule has 0 atom stereocenters. The van der Waals surface area contributed by atoms with Crippen LogP contribution in [0, 0.1) is 0 Å². The van der Waals surface area contributed by atoms with E-state index in [4.69, 9.17) is 27.9 Å². The fourth-order valence-electron chi connectivity index (χ4n) is 2.46. The smallest absolute Gasteiger partial charge is 0.325 e. The highest BCUT2D eigenvalue weighted by Crippen LogP contribution is 2.20. The van der Waals surface area contributed by atoms with Gasteiger partial charge >= 0.3 is 5.97 Å². The fourth-order valence-corrected chi connectivity index (χ4v) is 2.95. The highest BCUT2D eigenvalue weighted by Gasteiger charge is 2.18. The molecule has 0 spiro atoms. The summed E-state index contributed by atoms with van der Waals surface area (Å²) in [4.78, 5) is 35.1. The molecule has 130 valence electrons. The summed E-state index contributed by atoms with van der Waals surface area (Å²) in [6.07, 6.45) is 4.11. The maximum absolute atomic E-state index is 11.9. The topological polar surface area (TPSA) is 84.5 Å². The predicted octanol–water partition coefficient (Wildman–Crippen LogP) is 2.33. The number of esters is 1. The van der Waals surface area contributed by atoms with Crippen LogP contribution < -0.4 is 10.6 Å². The molecule has 1 aromatic rings. The molecule has 0 unspecified atom stereocenters. The van der Waals surface area contributed by atoms with E-state index >= 15 is 0 Å². The number of amides is 2. The molecular formula is C16H18Cl2N2O4. The van der Waals surface area contributed by atoms with E-state index < -0.39 is 11.9 Å². The zero-order valence-corrected chi connectivity index (χ0v) is 14.5. The summed E-state index contributed by atoms with van der Waals surface area (Å²) in [6.45, 7) is -0.707. The van der Waals surface area contributed by atoms with Crippen LogP contribution in [0.25, 0.3) is 0 Å². The lowest BCUT2D eigenvalue weighted by Gasteiger charge is -2.12. The summed E-state index contributed by atoms with van der Waals surface area (Å²) < 4.78 is 4.83. The number of hydrogen-bond acceptors (Lipinski definition) is 4. The number of carbonyl (C=O) groups excluding carboxylic acids is 3. The zero-order valence-electron chi connectivity index (χ0n) is 12.9. The average Bonchev–Trinajstić information content (AvgIpc) is 3.03. The first-order chi connectivity index (χ1) is 11.5. The van der Waals surface area contributed by atoms with Gasteiger partial charge in [-0.25, -0.2) is 0 Å². The number of benzene rings is 1. The molecule has 24 heavy (non-hydrogen) atoms. The quantitative estimate of drug-likeness (QED) is 0.750. The monoisotopic (exact) mass is 372 g/mol. The normalized spacial score (nSPS) is 14.2. The number of carbonyl (C=O) groups is 3. The lowest BCUT2D eigenvalue weighted by molar-refractivity contribution is -0.147. The molecular weight excluding hydrogens is 355 g/mol. The molecule has 1 aliphatic carbocycles.